The number of unbranched alkanes of at least 4 members (excludes halogenated alkanes) is 2. The van der Waals surface area contributed by atoms with Crippen molar-refractivity contribution in [1.82, 2.24) is 14.1 Å². The van der Waals surface area contributed by atoms with Crippen molar-refractivity contribution in [2.75, 3.05) is 0 Å². The van der Waals surface area contributed by atoms with Crippen molar-refractivity contribution < 1.29 is 0 Å². The Morgan fingerprint density at radius 3 is 2.15 bits per heavy atom. The molecule has 0 aliphatic carbocycles. The van der Waals surface area contributed by atoms with Crippen molar-refractivity contribution in [2.45, 2.75) is 66.2 Å². The summed E-state index contributed by atoms with van der Waals surface area (Å²) in [5, 5.41) is 0. The highest BCUT2D eigenvalue weighted by atomic mass is 15.1. The molecule has 0 unspecified atom stereocenters. The third-order valence-electron chi connectivity index (χ3n) is 6.55. The normalized spacial score (nSPS) is 11.5. The van der Waals surface area contributed by atoms with Gasteiger partial charge in [-0.2, -0.15) is 0 Å². The summed E-state index contributed by atoms with van der Waals surface area (Å²) in [5.41, 5.74) is 8.96. The van der Waals surface area contributed by atoms with Crippen LogP contribution in [0.3, 0.4) is 0 Å². The predicted molar refractivity (Wildman–Crippen MR) is 145 cm³/mol. The van der Waals surface area contributed by atoms with Crippen LogP contribution in [0.1, 0.15) is 69.6 Å². The van der Waals surface area contributed by atoms with Gasteiger partial charge in [-0.3, -0.25) is 4.57 Å². The maximum Gasteiger partial charge on any atom is 0.144 e. The summed E-state index contributed by atoms with van der Waals surface area (Å²) in [6.07, 6.45) is 13.2. The zero-order valence-electron chi connectivity index (χ0n) is 21.1. The Morgan fingerprint density at radius 1 is 0.824 bits per heavy atom. The van der Waals surface area contributed by atoms with Gasteiger partial charge in [-0.05, 0) is 74.6 Å². The van der Waals surface area contributed by atoms with Gasteiger partial charge >= 0.3 is 0 Å². The molecular weight excluding hydrogens is 414 g/mol. The van der Waals surface area contributed by atoms with Crippen molar-refractivity contribution in [3.63, 3.8) is 0 Å². The fraction of sp³-hybridized carbons (Fsp3) is 0.323. The molecule has 0 spiro atoms. The number of rotatable bonds is 10. The predicted octanol–water partition coefficient (Wildman–Crippen LogP) is 8.22. The Morgan fingerprint density at radius 2 is 1.53 bits per heavy atom. The first-order valence-corrected chi connectivity index (χ1v) is 12.8. The third kappa shape index (κ3) is 4.79. The maximum atomic E-state index is 4.77. The smallest absolute Gasteiger partial charge is 0.144 e. The molecule has 2 aromatic carbocycles. The lowest BCUT2D eigenvalue weighted by Gasteiger charge is -2.16. The molecule has 176 valence electrons. The van der Waals surface area contributed by atoms with Crippen LogP contribution in [-0.2, 0) is 19.3 Å². The van der Waals surface area contributed by atoms with Crippen molar-refractivity contribution in [1.29, 1.82) is 0 Å². The quantitative estimate of drug-likeness (QED) is 0.223. The minimum absolute atomic E-state index is 0.963. The minimum Gasteiger partial charge on any atom is -0.318 e. The number of imidazole rings is 1. The molecule has 2 heterocycles. The van der Waals surface area contributed by atoms with E-state index in [4.69, 9.17) is 4.98 Å². The van der Waals surface area contributed by atoms with E-state index in [2.05, 4.69) is 96.7 Å². The number of hydrogen-bond acceptors (Lipinski definition) is 1. The van der Waals surface area contributed by atoms with Gasteiger partial charge in [0, 0.05) is 28.3 Å². The van der Waals surface area contributed by atoms with Gasteiger partial charge in [0.05, 0.1) is 11.9 Å². The molecule has 0 amide bonds. The molecule has 0 radical (unpaired) electrons. The van der Waals surface area contributed by atoms with Gasteiger partial charge in [-0.1, -0.05) is 70.0 Å². The van der Waals surface area contributed by atoms with Crippen molar-refractivity contribution in [2.24, 2.45) is 0 Å². The summed E-state index contributed by atoms with van der Waals surface area (Å²) in [5.74, 6) is 0.963. The van der Waals surface area contributed by atoms with Gasteiger partial charge in [0.15, 0.2) is 0 Å². The highest BCUT2D eigenvalue weighted by Crippen LogP contribution is 2.28. The number of allylic oxidation sites excluding steroid dienone is 1. The molecule has 3 heteroatoms. The Hall–Kier alpha value is -3.33. The average molecular weight is 452 g/mol. The lowest BCUT2D eigenvalue weighted by atomic mass is 10.1. The summed E-state index contributed by atoms with van der Waals surface area (Å²) < 4.78 is 4.76. The zero-order valence-corrected chi connectivity index (χ0v) is 21.1. The van der Waals surface area contributed by atoms with Crippen molar-refractivity contribution in [3.8, 4) is 22.8 Å². The number of aryl methyl sites for hydroxylation is 2. The van der Waals surface area contributed by atoms with Crippen LogP contribution in [0.25, 0.3) is 28.8 Å². The first-order valence-electron chi connectivity index (χ1n) is 12.8. The summed E-state index contributed by atoms with van der Waals surface area (Å²) in [7, 11) is 0. The van der Waals surface area contributed by atoms with E-state index < -0.39 is 0 Å². The van der Waals surface area contributed by atoms with Crippen LogP contribution in [0.4, 0.5) is 0 Å². The molecule has 0 fully saturated rings. The van der Waals surface area contributed by atoms with E-state index in [1.165, 1.54) is 41.9 Å². The van der Waals surface area contributed by atoms with Gasteiger partial charge < -0.3 is 4.57 Å². The van der Waals surface area contributed by atoms with E-state index >= 15 is 0 Å². The molecule has 4 aromatic rings. The number of benzene rings is 2. The van der Waals surface area contributed by atoms with Gasteiger partial charge in [0.2, 0.25) is 0 Å². The SMILES string of the molecule is C/C=C/c1cnc(-c2ccccc2)n1-c1ccc(-n2c(CC)cc(CC)c2CCCCC)cc1. The molecule has 0 saturated carbocycles. The van der Waals surface area contributed by atoms with Crippen LogP contribution in [0.15, 0.2) is 72.9 Å². The van der Waals surface area contributed by atoms with E-state index in [1.807, 2.05) is 19.2 Å². The van der Waals surface area contributed by atoms with Gasteiger partial charge in [-0.15, -0.1) is 0 Å². The van der Waals surface area contributed by atoms with Gasteiger partial charge in [0.1, 0.15) is 5.82 Å². The van der Waals surface area contributed by atoms with Crippen LogP contribution in [0.5, 0.6) is 0 Å². The van der Waals surface area contributed by atoms with Crippen LogP contribution in [0, 0.1) is 0 Å². The average Bonchev–Trinajstić information content (AvgIpc) is 3.46. The number of nitrogens with zero attached hydrogens (tertiary/aromatic N) is 3. The van der Waals surface area contributed by atoms with Gasteiger partial charge in [-0.25, -0.2) is 4.98 Å². The van der Waals surface area contributed by atoms with Crippen LogP contribution in [-0.4, -0.2) is 14.1 Å². The summed E-state index contributed by atoms with van der Waals surface area (Å²) in [6, 6.07) is 21.8. The first-order chi connectivity index (χ1) is 16.7. The van der Waals surface area contributed by atoms with Crippen LogP contribution < -0.4 is 0 Å². The van der Waals surface area contributed by atoms with Crippen molar-refractivity contribution >= 4 is 6.08 Å². The Labute approximate surface area is 204 Å². The Bertz CT molecular complexity index is 1220. The van der Waals surface area contributed by atoms with E-state index in [0.717, 1.165) is 42.0 Å². The summed E-state index contributed by atoms with van der Waals surface area (Å²) in [4.78, 5) is 4.77. The summed E-state index contributed by atoms with van der Waals surface area (Å²) >= 11 is 0. The largest absolute Gasteiger partial charge is 0.318 e. The Kier molecular flexibility index (Phi) is 7.84. The maximum absolute atomic E-state index is 4.77. The number of aromatic nitrogens is 3. The second kappa shape index (κ2) is 11.2. The standard InChI is InChI=1S/C31H37N3/c1-5-9-11-17-30-24(7-3)22-26(8-4)33(30)27-18-20-28(21-19-27)34-29(14-6-2)23-32-31(34)25-15-12-10-13-16-25/h6,10,12-16,18-23H,5,7-9,11,17H2,1-4H3/b14-6+. The fourth-order valence-electron chi connectivity index (χ4n) is 4.84. The molecule has 34 heavy (non-hydrogen) atoms. The van der Waals surface area contributed by atoms with Crippen LogP contribution >= 0.6 is 0 Å². The fourth-order valence-corrected chi connectivity index (χ4v) is 4.84. The second-order valence-electron chi connectivity index (χ2n) is 8.83. The second-order valence-corrected chi connectivity index (χ2v) is 8.83. The molecule has 4 rings (SSSR count). The highest BCUT2D eigenvalue weighted by molar-refractivity contribution is 5.64. The monoisotopic (exact) mass is 451 g/mol. The molecule has 0 atom stereocenters. The van der Waals surface area contributed by atoms with E-state index in [1.54, 1.807) is 0 Å². The van der Waals surface area contributed by atoms with E-state index in [-0.39, 0.29) is 0 Å². The Balaban J connectivity index is 1.77. The molecular formula is C31H37N3. The number of hydrogen-bond donors (Lipinski definition) is 0. The molecule has 0 bridgehead atoms. The van der Waals surface area contributed by atoms with Crippen LogP contribution in [0.2, 0.25) is 0 Å². The lowest BCUT2D eigenvalue weighted by molar-refractivity contribution is 0.690. The lowest BCUT2D eigenvalue weighted by Crippen LogP contribution is -2.06. The van der Waals surface area contributed by atoms with E-state index in [9.17, 15) is 0 Å². The summed E-state index contributed by atoms with van der Waals surface area (Å²) in [6.45, 7) is 8.86. The molecule has 0 saturated heterocycles. The molecule has 0 aliphatic rings. The zero-order chi connectivity index (χ0) is 23.9. The topological polar surface area (TPSA) is 22.8 Å². The molecule has 0 N–H and O–H groups in total. The van der Waals surface area contributed by atoms with Crippen molar-refractivity contribution in [3.05, 3.63) is 95.6 Å². The first kappa shape index (κ1) is 23.8. The highest BCUT2D eigenvalue weighted by Gasteiger charge is 2.16. The molecule has 0 aliphatic heterocycles. The minimum atomic E-state index is 0.963. The van der Waals surface area contributed by atoms with E-state index in [0.29, 0.717) is 0 Å². The molecule has 3 nitrogen and oxygen atoms in total. The van der Waals surface area contributed by atoms with Gasteiger partial charge in [0.25, 0.3) is 0 Å². The molecule has 2 aromatic heterocycles. The third-order valence-corrected chi connectivity index (χ3v) is 6.55.